The Balaban J connectivity index is 2.56. The van der Waals surface area contributed by atoms with Crippen LogP contribution in [-0.2, 0) is 5.41 Å². The maximum atomic E-state index is 13.6. The Labute approximate surface area is 88.3 Å². The highest BCUT2D eigenvalue weighted by Crippen LogP contribution is 2.55. The predicted octanol–water partition coefficient (Wildman–Crippen LogP) is 2.73. The second-order valence-electron chi connectivity index (χ2n) is 4.90. The number of hydrogen-bond donors (Lipinski definition) is 1. The fourth-order valence-corrected chi connectivity index (χ4v) is 2.30. The molecule has 15 heavy (non-hydrogen) atoms. The van der Waals surface area contributed by atoms with E-state index in [1.807, 2.05) is 13.8 Å². The van der Waals surface area contributed by atoms with Crippen LogP contribution in [0.25, 0.3) is 0 Å². The molecular formula is C12H15F2N. The first-order chi connectivity index (χ1) is 6.88. The van der Waals surface area contributed by atoms with E-state index in [2.05, 4.69) is 0 Å². The Bertz CT molecular complexity index is 369. The Kier molecular flexibility index (Phi) is 2.12. The molecule has 1 aliphatic carbocycles. The van der Waals surface area contributed by atoms with Gasteiger partial charge in [-0.1, -0.05) is 6.07 Å². The normalized spacial score (nSPS) is 19.0. The number of nitrogens with two attached hydrogens (primary N) is 1. The summed E-state index contributed by atoms with van der Waals surface area (Å²) in [6, 6.07) is 3.97. The van der Waals surface area contributed by atoms with Gasteiger partial charge in [0.1, 0.15) is 11.6 Å². The fraction of sp³-hybridized carbons (Fsp3) is 0.500. The molecule has 2 N–H and O–H groups in total. The van der Waals surface area contributed by atoms with Crippen LogP contribution >= 0.6 is 0 Å². The predicted molar refractivity (Wildman–Crippen MR) is 55.5 cm³/mol. The first kappa shape index (κ1) is 10.6. The van der Waals surface area contributed by atoms with E-state index in [4.69, 9.17) is 5.73 Å². The molecule has 82 valence electrons. The molecule has 0 heterocycles. The van der Waals surface area contributed by atoms with Crippen molar-refractivity contribution in [3.05, 3.63) is 35.4 Å². The van der Waals surface area contributed by atoms with Gasteiger partial charge >= 0.3 is 0 Å². The van der Waals surface area contributed by atoms with Crippen LogP contribution in [0.15, 0.2) is 18.2 Å². The molecule has 0 unspecified atom stereocenters. The van der Waals surface area contributed by atoms with E-state index in [1.165, 1.54) is 18.2 Å². The Hall–Kier alpha value is -0.960. The quantitative estimate of drug-likeness (QED) is 0.799. The zero-order valence-corrected chi connectivity index (χ0v) is 8.98. The lowest BCUT2D eigenvalue weighted by molar-refractivity contribution is 0.364. The highest BCUT2D eigenvalue weighted by atomic mass is 19.1. The van der Waals surface area contributed by atoms with Gasteiger partial charge in [-0.05, 0) is 38.8 Å². The molecule has 0 aliphatic heterocycles. The molecule has 2 rings (SSSR count). The van der Waals surface area contributed by atoms with Crippen LogP contribution < -0.4 is 5.73 Å². The molecule has 0 bridgehead atoms. The molecule has 1 saturated carbocycles. The third-order valence-electron chi connectivity index (χ3n) is 3.42. The van der Waals surface area contributed by atoms with Crippen LogP contribution in [0.4, 0.5) is 8.78 Å². The van der Waals surface area contributed by atoms with Crippen LogP contribution in [-0.4, -0.2) is 5.54 Å². The summed E-state index contributed by atoms with van der Waals surface area (Å²) in [5.41, 5.74) is 5.08. The van der Waals surface area contributed by atoms with E-state index in [0.29, 0.717) is 0 Å². The highest BCUT2D eigenvalue weighted by Gasteiger charge is 2.56. The molecule has 1 nitrogen and oxygen atoms in total. The molecule has 0 amide bonds. The number of rotatable bonds is 2. The summed E-state index contributed by atoms with van der Waals surface area (Å²) in [6.45, 7) is 3.65. The van der Waals surface area contributed by atoms with Gasteiger partial charge in [0.25, 0.3) is 0 Å². The van der Waals surface area contributed by atoms with E-state index < -0.39 is 22.6 Å². The second kappa shape index (κ2) is 3.01. The van der Waals surface area contributed by atoms with Crippen molar-refractivity contribution in [2.75, 3.05) is 0 Å². The van der Waals surface area contributed by atoms with Gasteiger partial charge in [-0.3, -0.25) is 0 Å². The third kappa shape index (κ3) is 1.46. The van der Waals surface area contributed by atoms with E-state index in [-0.39, 0.29) is 5.56 Å². The van der Waals surface area contributed by atoms with Gasteiger partial charge in [-0.15, -0.1) is 0 Å². The van der Waals surface area contributed by atoms with Crippen LogP contribution in [0, 0.1) is 11.6 Å². The Morgan fingerprint density at radius 2 is 1.67 bits per heavy atom. The molecule has 0 aromatic heterocycles. The van der Waals surface area contributed by atoms with Crippen molar-refractivity contribution in [2.45, 2.75) is 37.6 Å². The number of halogens is 2. The van der Waals surface area contributed by atoms with Gasteiger partial charge in [0.05, 0.1) is 0 Å². The highest BCUT2D eigenvalue weighted by molar-refractivity contribution is 5.38. The summed E-state index contributed by atoms with van der Waals surface area (Å²) in [6.07, 6.45) is 1.52. The molecule has 0 atom stereocenters. The molecule has 0 saturated heterocycles. The molecule has 0 radical (unpaired) electrons. The summed E-state index contributed by atoms with van der Waals surface area (Å²) in [5.74, 6) is -0.961. The first-order valence-corrected chi connectivity index (χ1v) is 5.12. The number of benzene rings is 1. The zero-order chi connectivity index (χ0) is 11.3. The molecule has 0 spiro atoms. The monoisotopic (exact) mass is 211 g/mol. The van der Waals surface area contributed by atoms with Crippen molar-refractivity contribution in [3.63, 3.8) is 0 Å². The molecular weight excluding hydrogens is 196 g/mol. The minimum absolute atomic E-state index is 0.164. The van der Waals surface area contributed by atoms with Crippen molar-refractivity contribution >= 4 is 0 Å². The Morgan fingerprint density at radius 1 is 1.20 bits per heavy atom. The fourth-order valence-electron chi connectivity index (χ4n) is 2.30. The van der Waals surface area contributed by atoms with Crippen LogP contribution in [0.3, 0.4) is 0 Å². The van der Waals surface area contributed by atoms with Gasteiger partial charge in [-0.25, -0.2) is 8.78 Å². The topological polar surface area (TPSA) is 26.0 Å². The standard InChI is InChI=1S/C12H15F2N/c1-11(2,15)12(6-7-12)10-8(13)4-3-5-9(10)14/h3-5H,6-7,15H2,1-2H3. The summed E-state index contributed by atoms with van der Waals surface area (Å²) in [5, 5.41) is 0. The SMILES string of the molecule is CC(C)(N)C1(c2c(F)cccc2F)CC1. The molecule has 1 aromatic rings. The van der Waals surface area contributed by atoms with Crippen molar-refractivity contribution in [1.29, 1.82) is 0 Å². The zero-order valence-electron chi connectivity index (χ0n) is 8.98. The molecule has 1 aliphatic rings. The van der Waals surface area contributed by atoms with Gasteiger partial charge < -0.3 is 5.73 Å². The van der Waals surface area contributed by atoms with Crippen molar-refractivity contribution in [3.8, 4) is 0 Å². The van der Waals surface area contributed by atoms with Crippen LogP contribution in [0.5, 0.6) is 0 Å². The summed E-state index contributed by atoms with van der Waals surface area (Å²) in [4.78, 5) is 0. The maximum absolute atomic E-state index is 13.6. The van der Waals surface area contributed by atoms with Gasteiger partial charge in [0, 0.05) is 16.5 Å². The van der Waals surface area contributed by atoms with Crippen molar-refractivity contribution < 1.29 is 8.78 Å². The van der Waals surface area contributed by atoms with E-state index in [0.717, 1.165) is 12.8 Å². The minimum Gasteiger partial charge on any atom is -0.325 e. The second-order valence-corrected chi connectivity index (χ2v) is 4.90. The van der Waals surface area contributed by atoms with Crippen molar-refractivity contribution in [2.24, 2.45) is 5.73 Å². The lowest BCUT2D eigenvalue weighted by atomic mass is 9.79. The molecule has 1 aromatic carbocycles. The van der Waals surface area contributed by atoms with E-state index >= 15 is 0 Å². The van der Waals surface area contributed by atoms with Gasteiger partial charge in [0.2, 0.25) is 0 Å². The largest absolute Gasteiger partial charge is 0.325 e. The van der Waals surface area contributed by atoms with E-state index in [9.17, 15) is 8.78 Å². The lowest BCUT2D eigenvalue weighted by Gasteiger charge is -2.31. The molecule has 1 fully saturated rings. The number of hydrogen-bond acceptors (Lipinski definition) is 1. The van der Waals surface area contributed by atoms with Crippen molar-refractivity contribution in [1.82, 2.24) is 0 Å². The van der Waals surface area contributed by atoms with Crippen LogP contribution in [0.1, 0.15) is 32.3 Å². The Morgan fingerprint density at radius 3 is 2.00 bits per heavy atom. The third-order valence-corrected chi connectivity index (χ3v) is 3.42. The maximum Gasteiger partial charge on any atom is 0.129 e. The average molecular weight is 211 g/mol. The van der Waals surface area contributed by atoms with Crippen LogP contribution in [0.2, 0.25) is 0 Å². The van der Waals surface area contributed by atoms with Gasteiger partial charge in [0.15, 0.2) is 0 Å². The lowest BCUT2D eigenvalue weighted by Crippen LogP contribution is -2.46. The summed E-state index contributed by atoms with van der Waals surface area (Å²) < 4.78 is 27.2. The summed E-state index contributed by atoms with van der Waals surface area (Å²) in [7, 11) is 0. The van der Waals surface area contributed by atoms with Gasteiger partial charge in [-0.2, -0.15) is 0 Å². The first-order valence-electron chi connectivity index (χ1n) is 5.12. The average Bonchev–Trinajstić information content (AvgIpc) is 2.83. The molecule has 3 heteroatoms. The minimum atomic E-state index is -0.587. The summed E-state index contributed by atoms with van der Waals surface area (Å²) >= 11 is 0. The smallest absolute Gasteiger partial charge is 0.129 e. The van der Waals surface area contributed by atoms with E-state index in [1.54, 1.807) is 0 Å².